The van der Waals surface area contributed by atoms with E-state index < -0.39 is 0 Å². The molecule has 3 nitrogen and oxygen atoms in total. The highest BCUT2D eigenvalue weighted by Gasteiger charge is 2.11. The van der Waals surface area contributed by atoms with E-state index in [0.29, 0.717) is 32.6 Å². The molecule has 2 rings (SSSR count). The van der Waals surface area contributed by atoms with Crippen molar-refractivity contribution in [3.63, 3.8) is 0 Å². The normalized spacial score (nSPS) is 10.5. The Labute approximate surface area is 109 Å². The Hall–Kier alpha value is -1.29. The molecule has 88 valence electrons. The minimum atomic E-state index is -0.139. The van der Waals surface area contributed by atoms with Crippen LogP contribution in [0.15, 0.2) is 30.5 Å². The molecule has 3 N–H and O–H groups in total. The maximum atomic E-state index is 9.15. The minimum Gasteiger partial charge on any atom is -0.397 e. The summed E-state index contributed by atoms with van der Waals surface area (Å²) in [5.41, 5.74) is 8.14. The van der Waals surface area contributed by atoms with E-state index in [1.54, 1.807) is 30.5 Å². The Morgan fingerprint density at radius 3 is 2.71 bits per heavy atom. The molecule has 0 atom stereocenters. The van der Waals surface area contributed by atoms with Crippen LogP contribution in [-0.2, 0) is 6.61 Å². The minimum absolute atomic E-state index is 0.139. The zero-order chi connectivity index (χ0) is 12.4. The second-order valence-corrected chi connectivity index (χ2v) is 4.36. The first kappa shape index (κ1) is 12.2. The van der Waals surface area contributed by atoms with Crippen LogP contribution in [0.4, 0.5) is 5.69 Å². The molecule has 0 aliphatic rings. The Balaban J connectivity index is 2.64. The van der Waals surface area contributed by atoms with Gasteiger partial charge in [0.05, 0.1) is 23.0 Å². The van der Waals surface area contributed by atoms with E-state index in [4.69, 9.17) is 34.0 Å². The third kappa shape index (κ3) is 2.36. The number of nitrogen functional groups attached to an aromatic ring is 1. The number of aromatic nitrogens is 1. The van der Waals surface area contributed by atoms with Crippen LogP contribution >= 0.6 is 23.2 Å². The van der Waals surface area contributed by atoms with Gasteiger partial charge in [0.1, 0.15) is 0 Å². The standard InChI is InChI=1S/C12H10Cl2N2O/c13-8-1-2-10(14)9(5-8)12-11(15)7(6-17)3-4-16-12/h1-5,17H,6,15H2. The number of anilines is 1. The molecule has 0 aliphatic heterocycles. The number of pyridine rings is 1. The van der Waals surface area contributed by atoms with Crippen molar-refractivity contribution in [2.75, 3.05) is 5.73 Å². The fraction of sp³-hybridized carbons (Fsp3) is 0.0833. The highest BCUT2D eigenvalue weighted by Crippen LogP contribution is 2.33. The van der Waals surface area contributed by atoms with Gasteiger partial charge in [0.2, 0.25) is 0 Å². The number of aliphatic hydroxyl groups excluding tert-OH is 1. The van der Waals surface area contributed by atoms with Crippen LogP contribution in [0, 0.1) is 0 Å². The monoisotopic (exact) mass is 268 g/mol. The maximum Gasteiger partial charge on any atom is 0.0950 e. The lowest BCUT2D eigenvalue weighted by atomic mass is 10.1. The van der Waals surface area contributed by atoms with Gasteiger partial charge in [0.25, 0.3) is 0 Å². The predicted octanol–water partition coefficient (Wildman–Crippen LogP) is 3.13. The Bertz CT molecular complexity index is 558. The van der Waals surface area contributed by atoms with E-state index >= 15 is 0 Å². The summed E-state index contributed by atoms with van der Waals surface area (Å²) in [6.45, 7) is -0.139. The van der Waals surface area contributed by atoms with E-state index in [0.717, 1.165) is 0 Å². The summed E-state index contributed by atoms with van der Waals surface area (Å²) >= 11 is 12.0. The van der Waals surface area contributed by atoms with E-state index in [9.17, 15) is 0 Å². The quantitative estimate of drug-likeness (QED) is 0.880. The van der Waals surface area contributed by atoms with E-state index in [-0.39, 0.29) is 6.61 Å². The topological polar surface area (TPSA) is 59.1 Å². The lowest BCUT2D eigenvalue weighted by Crippen LogP contribution is -1.99. The molecule has 0 radical (unpaired) electrons. The van der Waals surface area contributed by atoms with Gasteiger partial charge in [-0.3, -0.25) is 4.98 Å². The van der Waals surface area contributed by atoms with Gasteiger partial charge in [-0.15, -0.1) is 0 Å². The largest absolute Gasteiger partial charge is 0.397 e. The number of halogens is 2. The Morgan fingerprint density at radius 1 is 1.24 bits per heavy atom. The van der Waals surface area contributed by atoms with Gasteiger partial charge in [-0.1, -0.05) is 23.2 Å². The van der Waals surface area contributed by atoms with Crippen LogP contribution < -0.4 is 5.73 Å². The SMILES string of the molecule is Nc1c(CO)ccnc1-c1cc(Cl)ccc1Cl. The summed E-state index contributed by atoms with van der Waals surface area (Å²) in [6, 6.07) is 6.74. The van der Waals surface area contributed by atoms with Gasteiger partial charge in [-0.2, -0.15) is 0 Å². The highest BCUT2D eigenvalue weighted by atomic mass is 35.5. The molecule has 1 heterocycles. The molecule has 2 aromatic rings. The van der Waals surface area contributed by atoms with E-state index in [1.165, 1.54) is 0 Å². The summed E-state index contributed by atoms with van der Waals surface area (Å²) in [5, 5.41) is 10.2. The Kier molecular flexibility index (Phi) is 3.52. The van der Waals surface area contributed by atoms with Crippen molar-refractivity contribution in [2.45, 2.75) is 6.61 Å². The first-order valence-electron chi connectivity index (χ1n) is 4.93. The number of aliphatic hydroxyl groups is 1. The van der Waals surface area contributed by atoms with Crippen molar-refractivity contribution in [1.82, 2.24) is 4.98 Å². The molecule has 17 heavy (non-hydrogen) atoms. The molecule has 0 aliphatic carbocycles. The molecule has 5 heteroatoms. The zero-order valence-electron chi connectivity index (χ0n) is 8.82. The van der Waals surface area contributed by atoms with Crippen molar-refractivity contribution < 1.29 is 5.11 Å². The van der Waals surface area contributed by atoms with Crippen LogP contribution in [-0.4, -0.2) is 10.1 Å². The zero-order valence-corrected chi connectivity index (χ0v) is 10.3. The van der Waals surface area contributed by atoms with E-state index in [2.05, 4.69) is 4.98 Å². The molecule has 1 aromatic heterocycles. The van der Waals surface area contributed by atoms with Crippen LogP contribution in [0.2, 0.25) is 10.0 Å². The molecule has 0 amide bonds. The van der Waals surface area contributed by atoms with E-state index in [1.807, 2.05) is 0 Å². The van der Waals surface area contributed by atoms with Gasteiger partial charge < -0.3 is 10.8 Å². The lowest BCUT2D eigenvalue weighted by molar-refractivity contribution is 0.282. The van der Waals surface area contributed by atoms with Crippen molar-refractivity contribution in [2.24, 2.45) is 0 Å². The number of hydrogen-bond acceptors (Lipinski definition) is 3. The van der Waals surface area contributed by atoms with Crippen molar-refractivity contribution in [1.29, 1.82) is 0 Å². The van der Waals surface area contributed by atoms with Gasteiger partial charge >= 0.3 is 0 Å². The first-order valence-corrected chi connectivity index (χ1v) is 5.68. The molecule has 0 fully saturated rings. The number of hydrogen-bond donors (Lipinski definition) is 2. The average Bonchev–Trinajstić information content (AvgIpc) is 2.33. The summed E-state index contributed by atoms with van der Waals surface area (Å²) < 4.78 is 0. The van der Waals surface area contributed by atoms with Gasteiger partial charge in [-0.25, -0.2) is 0 Å². The molecule has 0 spiro atoms. The van der Waals surface area contributed by atoms with Gasteiger partial charge in [0.15, 0.2) is 0 Å². The first-order chi connectivity index (χ1) is 8.13. The number of benzene rings is 1. The fourth-order valence-electron chi connectivity index (χ4n) is 1.54. The molecular weight excluding hydrogens is 259 g/mol. The van der Waals surface area contributed by atoms with Crippen molar-refractivity contribution >= 4 is 28.9 Å². The molecule has 0 saturated heterocycles. The maximum absolute atomic E-state index is 9.15. The molecule has 0 saturated carbocycles. The van der Waals surface area contributed by atoms with Crippen LogP contribution in [0.3, 0.4) is 0 Å². The predicted molar refractivity (Wildman–Crippen MR) is 70.0 cm³/mol. The summed E-state index contributed by atoms with van der Waals surface area (Å²) in [5.74, 6) is 0. The van der Waals surface area contributed by atoms with Crippen molar-refractivity contribution in [3.8, 4) is 11.3 Å². The van der Waals surface area contributed by atoms with Crippen LogP contribution in [0.25, 0.3) is 11.3 Å². The fourth-order valence-corrected chi connectivity index (χ4v) is 1.92. The number of nitrogens with two attached hydrogens (primary N) is 1. The van der Waals surface area contributed by atoms with Gasteiger partial charge in [-0.05, 0) is 24.3 Å². The van der Waals surface area contributed by atoms with Crippen LogP contribution in [0.5, 0.6) is 0 Å². The third-order valence-electron chi connectivity index (χ3n) is 2.43. The van der Waals surface area contributed by atoms with Gasteiger partial charge in [0, 0.05) is 22.3 Å². The van der Waals surface area contributed by atoms with Crippen molar-refractivity contribution in [3.05, 3.63) is 46.1 Å². The number of rotatable bonds is 2. The smallest absolute Gasteiger partial charge is 0.0950 e. The second-order valence-electron chi connectivity index (χ2n) is 3.51. The number of nitrogens with zero attached hydrogens (tertiary/aromatic N) is 1. The second kappa shape index (κ2) is 4.92. The molecular formula is C12H10Cl2N2O. The van der Waals surface area contributed by atoms with Crippen LogP contribution in [0.1, 0.15) is 5.56 Å². The Morgan fingerprint density at radius 2 is 2.00 bits per heavy atom. The summed E-state index contributed by atoms with van der Waals surface area (Å²) in [4.78, 5) is 4.18. The summed E-state index contributed by atoms with van der Waals surface area (Å²) in [7, 11) is 0. The average molecular weight is 269 g/mol. The molecule has 0 unspecified atom stereocenters. The molecule has 1 aromatic carbocycles. The molecule has 0 bridgehead atoms. The highest BCUT2D eigenvalue weighted by molar-refractivity contribution is 6.35. The third-order valence-corrected chi connectivity index (χ3v) is 3.00. The summed E-state index contributed by atoms with van der Waals surface area (Å²) in [6.07, 6.45) is 1.58. The lowest BCUT2D eigenvalue weighted by Gasteiger charge is -2.10.